The van der Waals surface area contributed by atoms with Gasteiger partial charge in [-0.2, -0.15) is 0 Å². The van der Waals surface area contributed by atoms with Gasteiger partial charge in [-0.15, -0.1) is 0 Å². The summed E-state index contributed by atoms with van der Waals surface area (Å²) in [7, 11) is 3.19. The predicted octanol–water partition coefficient (Wildman–Crippen LogP) is 5.56. The Bertz CT molecular complexity index is 1220. The van der Waals surface area contributed by atoms with Crippen LogP contribution >= 0.6 is 11.6 Å². The number of ether oxygens (including phenoxy) is 2. The number of carbonyl (C=O) groups is 2. The van der Waals surface area contributed by atoms with Crippen LogP contribution in [0.5, 0.6) is 11.5 Å². The molecular weight excluding hydrogens is 464 g/mol. The first kappa shape index (κ1) is 24.6. The zero-order valence-corrected chi connectivity index (χ0v) is 21.1. The Morgan fingerprint density at radius 2 is 1.80 bits per heavy atom. The smallest absolute Gasteiger partial charge is 0.251 e. The third kappa shape index (κ3) is 4.98. The maximum atomic E-state index is 13.5. The highest BCUT2D eigenvalue weighted by Crippen LogP contribution is 2.43. The van der Waals surface area contributed by atoms with E-state index in [2.05, 4.69) is 12.2 Å². The Kier molecular flexibility index (Phi) is 7.31. The average molecular weight is 493 g/mol. The van der Waals surface area contributed by atoms with Gasteiger partial charge in [-0.05, 0) is 78.6 Å². The zero-order valence-electron chi connectivity index (χ0n) is 20.3. The Hall–Kier alpha value is -3.51. The maximum absolute atomic E-state index is 13.5. The maximum Gasteiger partial charge on any atom is 0.251 e. The summed E-state index contributed by atoms with van der Waals surface area (Å²) in [4.78, 5) is 27.3. The van der Waals surface area contributed by atoms with Crippen LogP contribution in [0.2, 0.25) is 5.02 Å². The van der Waals surface area contributed by atoms with E-state index in [1.807, 2.05) is 43.3 Å². The average Bonchev–Trinajstić information content (AvgIpc) is 2.88. The molecule has 0 saturated heterocycles. The number of anilines is 1. The summed E-state index contributed by atoms with van der Waals surface area (Å²) in [5.41, 5.74) is 3.99. The van der Waals surface area contributed by atoms with Gasteiger partial charge in [0.05, 0.1) is 25.7 Å². The van der Waals surface area contributed by atoms with Crippen LogP contribution in [-0.2, 0) is 11.2 Å². The van der Waals surface area contributed by atoms with Gasteiger partial charge in [0, 0.05) is 23.3 Å². The number of halogens is 1. The van der Waals surface area contributed by atoms with Crippen molar-refractivity contribution in [3.05, 3.63) is 87.9 Å². The molecule has 35 heavy (non-hydrogen) atoms. The molecule has 0 bridgehead atoms. The monoisotopic (exact) mass is 492 g/mol. The summed E-state index contributed by atoms with van der Waals surface area (Å²) >= 11 is 6.18. The molecule has 7 heteroatoms. The molecule has 1 unspecified atom stereocenters. The number of methoxy groups -OCH3 is 1. The van der Waals surface area contributed by atoms with Crippen molar-refractivity contribution >= 4 is 29.1 Å². The highest BCUT2D eigenvalue weighted by Gasteiger charge is 2.36. The van der Waals surface area contributed by atoms with Gasteiger partial charge in [0.1, 0.15) is 0 Å². The first-order valence-electron chi connectivity index (χ1n) is 11.6. The van der Waals surface area contributed by atoms with E-state index in [0.29, 0.717) is 27.8 Å². The first-order valence-corrected chi connectivity index (χ1v) is 12.0. The topological polar surface area (TPSA) is 67.9 Å². The van der Waals surface area contributed by atoms with E-state index in [-0.39, 0.29) is 24.3 Å². The van der Waals surface area contributed by atoms with Crippen molar-refractivity contribution in [1.29, 1.82) is 0 Å². The first-order chi connectivity index (χ1) is 16.9. The normalized spacial score (nSPS) is 15.9. The molecule has 0 saturated carbocycles. The fourth-order valence-corrected chi connectivity index (χ4v) is 4.42. The molecule has 1 heterocycles. The Balaban J connectivity index is 1.87. The second-order valence-corrected chi connectivity index (χ2v) is 9.00. The third-order valence-electron chi connectivity index (χ3n) is 6.31. The van der Waals surface area contributed by atoms with Crippen LogP contribution in [0.4, 0.5) is 5.69 Å². The van der Waals surface area contributed by atoms with Gasteiger partial charge < -0.3 is 19.7 Å². The van der Waals surface area contributed by atoms with Crippen LogP contribution in [-0.4, -0.2) is 32.1 Å². The fourth-order valence-electron chi connectivity index (χ4n) is 4.29. The molecule has 4 rings (SSSR count). The number of carbonyl (C=O) groups excluding carboxylic acids is 2. The van der Waals surface area contributed by atoms with Crippen molar-refractivity contribution < 1.29 is 19.1 Å². The Morgan fingerprint density at radius 3 is 2.40 bits per heavy atom. The molecule has 0 radical (unpaired) electrons. The van der Waals surface area contributed by atoms with Gasteiger partial charge >= 0.3 is 0 Å². The van der Waals surface area contributed by atoms with Crippen molar-refractivity contribution in [3.63, 3.8) is 0 Å². The van der Waals surface area contributed by atoms with Crippen LogP contribution in [0.3, 0.4) is 0 Å². The molecule has 3 aromatic carbocycles. The second-order valence-electron chi connectivity index (χ2n) is 8.56. The minimum absolute atomic E-state index is 0.00881. The van der Waals surface area contributed by atoms with E-state index < -0.39 is 6.04 Å². The Labute approximate surface area is 210 Å². The van der Waals surface area contributed by atoms with Crippen LogP contribution in [0, 0.1) is 0 Å². The third-order valence-corrected chi connectivity index (χ3v) is 6.56. The van der Waals surface area contributed by atoms with Crippen molar-refractivity contribution in [2.45, 2.75) is 38.8 Å². The number of fused-ring (bicyclic) bond motifs is 1. The highest BCUT2D eigenvalue weighted by molar-refractivity contribution is 6.30. The van der Waals surface area contributed by atoms with E-state index in [4.69, 9.17) is 21.1 Å². The predicted molar refractivity (Wildman–Crippen MR) is 138 cm³/mol. The second kappa shape index (κ2) is 10.4. The molecule has 2 atom stereocenters. The van der Waals surface area contributed by atoms with Crippen molar-refractivity contribution in [1.82, 2.24) is 5.32 Å². The van der Waals surface area contributed by atoms with E-state index in [1.165, 1.54) is 0 Å². The summed E-state index contributed by atoms with van der Waals surface area (Å²) < 4.78 is 11.8. The fraction of sp³-hybridized carbons (Fsp3) is 0.286. The van der Waals surface area contributed by atoms with E-state index in [0.717, 1.165) is 23.1 Å². The molecule has 0 spiro atoms. The molecule has 0 aliphatic carbocycles. The van der Waals surface area contributed by atoms with E-state index in [9.17, 15) is 9.59 Å². The summed E-state index contributed by atoms with van der Waals surface area (Å²) in [5, 5.41) is 3.24. The lowest BCUT2D eigenvalue weighted by molar-refractivity contribution is -0.118. The van der Waals surface area contributed by atoms with Crippen molar-refractivity contribution in [2.75, 3.05) is 19.1 Å². The largest absolute Gasteiger partial charge is 0.493 e. The lowest BCUT2D eigenvalue weighted by Gasteiger charge is -2.38. The summed E-state index contributed by atoms with van der Waals surface area (Å²) in [6.45, 7) is 4.08. The van der Waals surface area contributed by atoms with Gasteiger partial charge in [0.2, 0.25) is 5.91 Å². The molecule has 1 aliphatic heterocycles. The molecule has 6 nitrogen and oxygen atoms in total. The lowest BCUT2D eigenvalue weighted by Crippen LogP contribution is -2.41. The number of rotatable bonds is 7. The van der Waals surface area contributed by atoms with Gasteiger partial charge in [0.25, 0.3) is 5.91 Å². The number of benzene rings is 3. The van der Waals surface area contributed by atoms with Crippen LogP contribution < -0.4 is 19.7 Å². The molecule has 0 aromatic heterocycles. The minimum Gasteiger partial charge on any atom is -0.493 e. The molecule has 2 amide bonds. The van der Waals surface area contributed by atoms with Gasteiger partial charge in [-0.3, -0.25) is 9.59 Å². The summed E-state index contributed by atoms with van der Waals surface area (Å²) in [6, 6.07) is 18.0. The quantitative estimate of drug-likeness (QED) is 0.468. The van der Waals surface area contributed by atoms with Crippen LogP contribution in [0.25, 0.3) is 0 Å². The zero-order chi connectivity index (χ0) is 25.1. The SMILES string of the molecule is CC[C@@H](C)Oc1cc2c(cc1OC)CC(=O)N(c1ccc(C(=O)NC)cc1)C2c1ccc(Cl)cc1. The van der Waals surface area contributed by atoms with Crippen molar-refractivity contribution in [2.24, 2.45) is 0 Å². The van der Waals surface area contributed by atoms with Gasteiger partial charge in [0.15, 0.2) is 11.5 Å². The standard InChI is InChI=1S/C28H29ClN2O4/c1-5-17(2)35-25-16-23-20(14-24(25)34-4)15-26(32)31(27(23)18-6-10-21(29)11-7-18)22-12-8-19(9-13-22)28(33)30-3/h6-14,16-17,27H,5,15H2,1-4H3,(H,30,33)/t17-,27?/m1/s1. The van der Waals surface area contributed by atoms with Gasteiger partial charge in [-0.25, -0.2) is 0 Å². The molecule has 3 aromatic rings. The number of amides is 2. The van der Waals surface area contributed by atoms with Crippen molar-refractivity contribution in [3.8, 4) is 11.5 Å². The molecule has 1 N–H and O–H groups in total. The van der Waals surface area contributed by atoms with E-state index in [1.54, 1.807) is 43.3 Å². The number of nitrogens with one attached hydrogen (secondary N) is 1. The van der Waals surface area contributed by atoms with Crippen LogP contribution in [0.15, 0.2) is 60.7 Å². The number of hydrogen-bond acceptors (Lipinski definition) is 4. The van der Waals surface area contributed by atoms with E-state index >= 15 is 0 Å². The molecule has 1 aliphatic rings. The molecule has 0 fully saturated rings. The highest BCUT2D eigenvalue weighted by atomic mass is 35.5. The number of hydrogen-bond donors (Lipinski definition) is 1. The molecule has 182 valence electrons. The Morgan fingerprint density at radius 1 is 1.11 bits per heavy atom. The summed E-state index contributed by atoms with van der Waals surface area (Å²) in [5.74, 6) is 1.02. The number of nitrogens with zero attached hydrogens (tertiary/aromatic N) is 1. The van der Waals surface area contributed by atoms with Gasteiger partial charge in [-0.1, -0.05) is 30.7 Å². The summed E-state index contributed by atoms with van der Waals surface area (Å²) in [6.07, 6.45) is 1.08. The minimum atomic E-state index is -0.403. The molecular formula is C28H29ClN2O4. The lowest BCUT2D eigenvalue weighted by atomic mass is 9.86. The van der Waals surface area contributed by atoms with Crippen LogP contribution in [0.1, 0.15) is 53.4 Å².